The minimum atomic E-state index is -4.53. The number of nitrogens with zero attached hydrogens (tertiary/aromatic N) is 3. The molecule has 28 heavy (non-hydrogen) atoms. The van der Waals surface area contributed by atoms with E-state index in [2.05, 4.69) is 30.7 Å². The third-order valence-electron chi connectivity index (χ3n) is 5.82. The lowest BCUT2D eigenvalue weighted by Crippen LogP contribution is -2.35. The molecule has 3 nitrogen and oxygen atoms in total. The summed E-state index contributed by atoms with van der Waals surface area (Å²) in [4.78, 5) is 10.5. The third kappa shape index (κ3) is 3.71. The highest BCUT2D eigenvalue weighted by Crippen LogP contribution is 2.53. The van der Waals surface area contributed by atoms with Crippen molar-refractivity contribution < 1.29 is 13.2 Å². The van der Waals surface area contributed by atoms with E-state index in [9.17, 15) is 13.2 Å². The molecule has 2 aromatic rings. The standard InChI is InChI=1S/C21H23ClF3N3/c1-19(2)9-15-10-20(3,11-19)12-28(15)18-26-16(8-17(27-18)21(23,24)25)13-4-6-14(22)7-5-13/h4-8,15H,9-12H2,1-3H3/t15-,20+/m1/s1. The van der Waals surface area contributed by atoms with Gasteiger partial charge in [-0.2, -0.15) is 13.2 Å². The smallest absolute Gasteiger partial charge is 0.337 e. The van der Waals surface area contributed by atoms with Gasteiger partial charge in [-0.05, 0) is 48.3 Å². The molecule has 7 heteroatoms. The predicted octanol–water partition coefficient (Wildman–Crippen LogP) is 6.22. The Labute approximate surface area is 167 Å². The van der Waals surface area contributed by atoms with Crippen LogP contribution in [0.1, 0.15) is 45.7 Å². The minimum Gasteiger partial charge on any atom is -0.337 e. The van der Waals surface area contributed by atoms with Gasteiger partial charge < -0.3 is 4.90 Å². The number of alkyl halides is 3. The molecule has 1 aromatic carbocycles. The van der Waals surface area contributed by atoms with E-state index < -0.39 is 11.9 Å². The second kappa shape index (κ2) is 6.34. The molecule has 2 heterocycles. The Hall–Kier alpha value is -1.82. The van der Waals surface area contributed by atoms with Gasteiger partial charge in [-0.15, -0.1) is 0 Å². The van der Waals surface area contributed by atoms with Gasteiger partial charge in [0.2, 0.25) is 5.95 Å². The van der Waals surface area contributed by atoms with Crippen molar-refractivity contribution in [3.05, 3.63) is 41.0 Å². The van der Waals surface area contributed by atoms with Crippen molar-refractivity contribution in [2.45, 2.75) is 52.3 Å². The van der Waals surface area contributed by atoms with Crippen LogP contribution in [0.5, 0.6) is 0 Å². The summed E-state index contributed by atoms with van der Waals surface area (Å²) < 4.78 is 40.7. The van der Waals surface area contributed by atoms with Crippen molar-refractivity contribution >= 4 is 17.5 Å². The molecular weight excluding hydrogens is 387 g/mol. The average molecular weight is 410 g/mol. The molecule has 2 fully saturated rings. The average Bonchev–Trinajstić information content (AvgIpc) is 2.83. The highest BCUT2D eigenvalue weighted by Gasteiger charge is 2.50. The summed E-state index contributed by atoms with van der Waals surface area (Å²) in [6, 6.07) is 7.84. The van der Waals surface area contributed by atoms with Crippen LogP contribution in [0.4, 0.5) is 19.1 Å². The van der Waals surface area contributed by atoms with Crippen molar-refractivity contribution in [1.82, 2.24) is 9.97 Å². The fraction of sp³-hybridized carbons (Fsp3) is 0.524. The van der Waals surface area contributed by atoms with Crippen LogP contribution in [0, 0.1) is 10.8 Å². The van der Waals surface area contributed by atoms with Crippen molar-refractivity contribution in [3.8, 4) is 11.3 Å². The predicted molar refractivity (Wildman–Crippen MR) is 104 cm³/mol. The number of fused-ring (bicyclic) bond motifs is 2. The second-order valence-corrected chi connectivity index (χ2v) is 9.72. The van der Waals surface area contributed by atoms with Gasteiger partial charge in [0.1, 0.15) is 0 Å². The van der Waals surface area contributed by atoms with E-state index >= 15 is 0 Å². The van der Waals surface area contributed by atoms with Crippen molar-refractivity contribution in [2.24, 2.45) is 10.8 Å². The number of anilines is 1. The maximum Gasteiger partial charge on any atom is 0.433 e. The van der Waals surface area contributed by atoms with E-state index in [1.54, 1.807) is 24.3 Å². The first-order valence-corrected chi connectivity index (χ1v) is 9.81. The maximum atomic E-state index is 13.6. The van der Waals surface area contributed by atoms with E-state index in [-0.39, 0.29) is 28.5 Å². The van der Waals surface area contributed by atoms with Crippen LogP contribution in [0.15, 0.2) is 30.3 Å². The number of hydrogen-bond donors (Lipinski definition) is 0. The van der Waals surface area contributed by atoms with Crippen molar-refractivity contribution in [1.29, 1.82) is 0 Å². The molecule has 1 aliphatic carbocycles. The van der Waals surface area contributed by atoms with Gasteiger partial charge >= 0.3 is 6.18 Å². The highest BCUT2D eigenvalue weighted by molar-refractivity contribution is 6.30. The largest absolute Gasteiger partial charge is 0.433 e. The zero-order valence-corrected chi connectivity index (χ0v) is 16.9. The Morgan fingerprint density at radius 2 is 1.75 bits per heavy atom. The molecule has 1 saturated heterocycles. The fourth-order valence-corrected chi connectivity index (χ4v) is 5.30. The van der Waals surface area contributed by atoms with Gasteiger partial charge in [0.25, 0.3) is 0 Å². The zero-order valence-electron chi connectivity index (χ0n) is 16.1. The molecule has 150 valence electrons. The normalized spacial score (nSPS) is 26.5. The molecule has 0 amide bonds. The van der Waals surface area contributed by atoms with Crippen LogP contribution in [-0.4, -0.2) is 22.6 Å². The Morgan fingerprint density at radius 3 is 2.39 bits per heavy atom. The number of hydrogen-bond acceptors (Lipinski definition) is 3. The van der Waals surface area contributed by atoms with Crippen LogP contribution in [-0.2, 0) is 6.18 Å². The summed E-state index contributed by atoms with van der Waals surface area (Å²) in [7, 11) is 0. The summed E-state index contributed by atoms with van der Waals surface area (Å²) in [5.41, 5.74) is 0.178. The van der Waals surface area contributed by atoms with Gasteiger partial charge in [-0.25, -0.2) is 9.97 Å². The summed E-state index contributed by atoms with van der Waals surface area (Å²) in [5.74, 6) is 0.172. The Morgan fingerprint density at radius 1 is 1.07 bits per heavy atom. The molecule has 2 atom stereocenters. The fourth-order valence-electron chi connectivity index (χ4n) is 5.17. The van der Waals surface area contributed by atoms with Crippen molar-refractivity contribution in [2.75, 3.05) is 11.4 Å². The molecule has 0 N–H and O–H groups in total. The number of rotatable bonds is 2. The third-order valence-corrected chi connectivity index (χ3v) is 6.07. The van der Waals surface area contributed by atoms with E-state index in [0.717, 1.165) is 25.3 Å². The molecule has 1 aliphatic heterocycles. The molecule has 0 unspecified atom stereocenters. The van der Waals surface area contributed by atoms with Gasteiger partial charge in [0, 0.05) is 23.2 Å². The molecule has 2 aliphatic rings. The Kier molecular flexibility index (Phi) is 4.42. The summed E-state index contributed by atoms with van der Waals surface area (Å²) >= 11 is 5.92. The van der Waals surface area contributed by atoms with E-state index in [0.29, 0.717) is 17.1 Å². The second-order valence-electron chi connectivity index (χ2n) is 9.28. The maximum absolute atomic E-state index is 13.6. The van der Waals surface area contributed by atoms with Crippen LogP contribution >= 0.6 is 11.6 Å². The summed E-state index contributed by atoms with van der Waals surface area (Å²) in [6.07, 6.45) is -1.59. The Bertz CT molecular complexity index is 895. The van der Waals surface area contributed by atoms with Gasteiger partial charge in [-0.1, -0.05) is 44.5 Å². The first-order valence-electron chi connectivity index (χ1n) is 9.43. The lowest BCUT2D eigenvalue weighted by atomic mass is 9.65. The van der Waals surface area contributed by atoms with Crippen molar-refractivity contribution in [3.63, 3.8) is 0 Å². The summed E-state index contributed by atoms with van der Waals surface area (Å²) in [5, 5.41) is 0.526. The minimum absolute atomic E-state index is 0.0739. The summed E-state index contributed by atoms with van der Waals surface area (Å²) in [6.45, 7) is 7.36. The molecule has 0 spiro atoms. The lowest BCUT2D eigenvalue weighted by Gasteiger charge is -2.39. The van der Waals surface area contributed by atoms with Crippen LogP contribution in [0.2, 0.25) is 5.02 Å². The van der Waals surface area contributed by atoms with Crippen LogP contribution in [0.25, 0.3) is 11.3 Å². The van der Waals surface area contributed by atoms with E-state index in [1.165, 1.54) is 0 Å². The lowest BCUT2D eigenvalue weighted by molar-refractivity contribution is -0.141. The molecule has 0 radical (unpaired) electrons. The van der Waals surface area contributed by atoms with Gasteiger partial charge in [0.15, 0.2) is 5.69 Å². The van der Waals surface area contributed by atoms with Gasteiger partial charge in [0.05, 0.1) is 5.69 Å². The molecular formula is C21H23ClF3N3. The van der Waals surface area contributed by atoms with Gasteiger partial charge in [-0.3, -0.25) is 0 Å². The first kappa shape index (κ1) is 19.5. The number of aromatic nitrogens is 2. The van der Waals surface area contributed by atoms with E-state index in [4.69, 9.17) is 11.6 Å². The topological polar surface area (TPSA) is 29.0 Å². The highest BCUT2D eigenvalue weighted by atomic mass is 35.5. The molecule has 2 bridgehead atoms. The zero-order chi connectivity index (χ0) is 20.3. The SMILES string of the molecule is CC1(C)C[C@@H]2C[C@](C)(CN2c2nc(-c3ccc(Cl)cc3)cc(C(F)(F)F)n2)C1. The number of benzene rings is 1. The Balaban J connectivity index is 1.79. The van der Waals surface area contributed by atoms with E-state index in [1.807, 2.05) is 4.90 Å². The first-order chi connectivity index (χ1) is 12.9. The van der Waals surface area contributed by atoms with Crippen LogP contribution in [0.3, 0.4) is 0 Å². The monoisotopic (exact) mass is 409 g/mol. The molecule has 4 rings (SSSR count). The van der Waals surface area contributed by atoms with Crippen LogP contribution < -0.4 is 4.90 Å². The quantitative estimate of drug-likeness (QED) is 0.589. The number of halogens is 4. The molecule has 1 aromatic heterocycles. The molecule has 1 saturated carbocycles.